The monoisotopic (exact) mass is 508 g/mol. The molecule has 1 N–H and O–H groups in total. The second-order valence-electron chi connectivity index (χ2n) is 8.71. The maximum atomic E-state index is 13.5. The molecule has 0 unspecified atom stereocenters. The first-order chi connectivity index (χ1) is 17.8. The predicted octanol–water partition coefficient (Wildman–Crippen LogP) is 2.77. The summed E-state index contributed by atoms with van der Waals surface area (Å²) in [6.07, 6.45) is 4.70. The molecule has 192 valence electrons. The molecule has 0 atom stereocenters. The van der Waals surface area contributed by atoms with Crippen LogP contribution in [0.25, 0.3) is 10.9 Å². The lowest BCUT2D eigenvalue weighted by atomic mass is 10.1. The summed E-state index contributed by atoms with van der Waals surface area (Å²) in [4.78, 5) is 40.1. The van der Waals surface area contributed by atoms with Gasteiger partial charge in [0.15, 0.2) is 11.6 Å². The molecule has 0 saturated heterocycles. The van der Waals surface area contributed by atoms with E-state index in [1.54, 1.807) is 0 Å². The Morgan fingerprint density at radius 3 is 2.68 bits per heavy atom. The van der Waals surface area contributed by atoms with E-state index in [0.29, 0.717) is 23.6 Å². The van der Waals surface area contributed by atoms with Gasteiger partial charge in [0.25, 0.3) is 11.5 Å². The van der Waals surface area contributed by atoms with Crippen LogP contribution in [0.1, 0.15) is 27.9 Å². The summed E-state index contributed by atoms with van der Waals surface area (Å²) in [5, 5.41) is 3.44. The van der Waals surface area contributed by atoms with Gasteiger partial charge in [-0.05, 0) is 55.9 Å². The van der Waals surface area contributed by atoms with Crippen molar-refractivity contribution in [2.45, 2.75) is 19.5 Å². The first kappa shape index (κ1) is 25.8. The van der Waals surface area contributed by atoms with Gasteiger partial charge in [-0.1, -0.05) is 12.1 Å². The summed E-state index contributed by atoms with van der Waals surface area (Å²) in [6.45, 7) is 1.47. The van der Waals surface area contributed by atoms with Gasteiger partial charge in [-0.25, -0.2) is 23.7 Å². The van der Waals surface area contributed by atoms with Gasteiger partial charge in [-0.3, -0.25) is 14.2 Å². The number of ether oxygens (including phenoxy) is 1. The highest BCUT2D eigenvalue weighted by molar-refractivity contribution is 5.93. The number of nitrogens with zero attached hydrogens (tertiary/aromatic N) is 5. The number of halogens is 2. The molecule has 1 amide bonds. The number of rotatable bonds is 10. The van der Waals surface area contributed by atoms with E-state index in [0.717, 1.165) is 40.6 Å². The number of aromatic nitrogens is 4. The van der Waals surface area contributed by atoms with Crippen molar-refractivity contribution in [1.82, 2.24) is 29.7 Å². The maximum Gasteiger partial charge on any atom is 0.266 e. The molecule has 0 radical (unpaired) electrons. The van der Waals surface area contributed by atoms with Crippen LogP contribution in [0.15, 0.2) is 60.0 Å². The van der Waals surface area contributed by atoms with E-state index in [1.807, 2.05) is 32.3 Å². The fourth-order valence-electron chi connectivity index (χ4n) is 3.69. The second kappa shape index (κ2) is 11.7. The Labute approximate surface area is 211 Å². The molecule has 0 fully saturated rings. The zero-order valence-corrected chi connectivity index (χ0v) is 20.4. The Bertz CT molecular complexity index is 1470. The van der Waals surface area contributed by atoms with E-state index < -0.39 is 23.1 Å². The minimum Gasteiger partial charge on any atom is -0.477 e. The fourth-order valence-corrected chi connectivity index (χ4v) is 3.69. The van der Waals surface area contributed by atoms with Crippen LogP contribution in [0.3, 0.4) is 0 Å². The lowest BCUT2D eigenvalue weighted by Gasteiger charge is -2.12. The van der Waals surface area contributed by atoms with Crippen LogP contribution in [0.5, 0.6) is 5.88 Å². The van der Waals surface area contributed by atoms with Crippen molar-refractivity contribution >= 4 is 16.8 Å². The normalized spacial score (nSPS) is 11.2. The van der Waals surface area contributed by atoms with Crippen LogP contribution in [0.4, 0.5) is 8.78 Å². The lowest BCUT2D eigenvalue weighted by Crippen LogP contribution is -2.33. The minimum absolute atomic E-state index is 0.0633. The smallest absolute Gasteiger partial charge is 0.266 e. The summed E-state index contributed by atoms with van der Waals surface area (Å²) >= 11 is 0. The third kappa shape index (κ3) is 6.50. The van der Waals surface area contributed by atoms with Gasteiger partial charge in [0.2, 0.25) is 5.88 Å². The highest BCUT2D eigenvalue weighted by atomic mass is 19.2. The van der Waals surface area contributed by atoms with E-state index in [1.165, 1.54) is 24.9 Å². The topological polar surface area (TPSA) is 102 Å². The molecule has 0 aliphatic carbocycles. The first-order valence-corrected chi connectivity index (χ1v) is 11.6. The van der Waals surface area contributed by atoms with Crippen molar-refractivity contribution in [1.29, 1.82) is 0 Å². The van der Waals surface area contributed by atoms with Crippen LogP contribution < -0.4 is 15.6 Å². The van der Waals surface area contributed by atoms with Crippen LogP contribution in [-0.2, 0) is 13.1 Å². The molecule has 9 nitrogen and oxygen atoms in total. The summed E-state index contributed by atoms with van der Waals surface area (Å²) < 4.78 is 33.7. The number of benzene rings is 2. The standard InChI is InChI=1S/C26H26F2N6O3/c1-33(2)8-3-9-37-25-19-10-17(5-7-23(19)31-15-32-25)12-30-24(35)20-13-29-16-34(26(20)36)14-18-4-6-21(27)22(28)11-18/h4-7,10-11,13,15-16H,3,8-9,12,14H2,1-2H3,(H,30,35). The average Bonchev–Trinajstić information content (AvgIpc) is 2.88. The van der Waals surface area contributed by atoms with Crippen molar-refractivity contribution in [2.75, 3.05) is 27.2 Å². The highest BCUT2D eigenvalue weighted by Gasteiger charge is 2.14. The molecule has 2 aromatic carbocycles. The van der Waals surface area contributed by atoms with Crippen molar-refractivity contribution in [3.05, 3.63) is 93.9 Å². The quantitative estimate of drug-likeness (QED) is 0.329. The van der Waals surface area contributed by atoms with Crippen LogP contribution >= 0.6 is 0 Å². The second-order valence-corrected chi connectivity index (χ2v) is 8.71. The molecular weight excluding hydrogens is 482 g/mol. The van der Waals surface area contributed by atoms with Gasteiger partial charge < -0.3 is 15.0 Å². The van der Waals surface area contributed by atoms with E-state index >= 15 is 0 Å². The van der Waals surface area contributed by atoms with Crippen molar-refractivity contribution in [2.24, 2.45) is 0 Å². The number of amides is 1. The maximum absolute atomic E-state index is 13.5. The zero-order chi connectivity index (χ0) is 26.4. The van der Waals surface area contributed by atoms with Gasteiger partial charge in [0, 0.05) is 19.3 Å². The van der Waals surface area contributed by atoms with Crippen molar-refractivity contribution < 1.29 is 18.3 Å². The minimum atomic E-state index is -1.02. The fraction of sp³-hybridized carbons (Fsp3) is 0.269. The Kier molecular flexibility index (Phi) is 8.14. The Morgan fingerprint density at radius 1 is 1.08 bits per heavy atom. The Morgan fingerprint density at radius 2 is 1.89 bits per heavy atom. The van der Waals surface area contributed by atoms with E-state index in [2.05, 4.69) is 25.2 Å². The van der Waals surface area contributed by atoms with Gasteiger partial charge >= 0.3 is 0 Å². The molecule has 4 rings (SSSR count). The molecule has 4 aromatic rings. The molecule has 37 heavy (non-hydrogen) atoms. The Hall–Kier alpha value is -4.25. The predicted molar refractivity (Wildman–Crippen MR) is 133 cm³/mol. The zero-order valence-electron chi connectivity index (χ0n) is 20.4. The number of hydrogen-bond donors (Lipinski definition) is 1. The third-order valence-corrected chi connectivity index (χ3v) is 5.59. The highest BCUT2D eigenvalue weighted by Crippen LogP contribution is 2.23. The molecule has 0 bridgehead atoms. The number of hydrogen-bond acceptors (Lipinski definition) is 7. The molecular formula is C26H26F2N6O3. The summed E-state index contributed by atoms with van der Waals surface area (Å²) in [7, 11) is 3.99. The molecule has 2 aromatic heterocycles. The van der Waals surface area contributed by atoms with Gasteiger partial charge in [-0.15, -0.1) is 0 Å². The SMILES string of the molecule is CN(C)CCCOc1ncnc2ccc(CNC(=O)c3cncn(Cc4ccc(F)c(F)c4)c3=O)cc12. The molecule has 0 saturated carbocycles. The van der Waals surface area contributed by atoms with Crippen LogP contribution in [-0.4, -0.2) is 57.6 Å². The number of nitrogens with one attached hydrogen (secondary N) is 1. The lowest BCUT2D eigenvalue weighted by molar-refractivity contribution is 0.0948. The van der Waals surface area contributed by atoms with Gasteiger partial charge in [0.1, 0.15) is 11.9 Å². The van der Waals surface area contributed by atoms with Gasteiger partial charge in [0.05, 0.1) is 30.4 Å². The van der Waals surface area contributed by atoms with Crippen LogP contribution in [0.2, 0.25) is 0 Å². The van der Waals surface area contributed by atoms with Crippen LogP contribution in [0, 0.1) is 11.6 Å². The largest absolute Gasteiger partial charge is 0.477 e. The van der Waals surface area contributed by atoms with Gasteiger partial charge in [-0.2, -0.15) is 0 Å². The first-order valence-electron chi connectivity index (χ1n) is 11.6. The molecule has 0 aliphatic heterocycles. The van der Waals surface area contributed by atoms with E-state index in [-0.39, 0.29) is 18.7 Å². The number of fused-ring (bicyclic) bond motifs is 1. The molecule has 2 heterocycles. The molecule has 0 spiro atoms. The summed E-state index contributed by atoms with van der Waals surface area (Å²) in [5.41, 5.74) is 1.06. The summed E-state index contributed by atoms with van der Waals surface area (Å²) in [6, 6.07) is 8.80. The van der Waals surface area contributed by atoms with Crippen molar-refractivity contribution in [3.8, 4) is 5.88 Å². The molecule has 0 aliphatic rings. The summed E-state index contributed by atoms with van der Waals surface area (Å²) in [5.74, 6) is -2.15. The molecule has 11 heteroatoms. The Balaban J connectivity index is 1.45. The number of carbonyl (C=O) groups excluding carboxylic acids is 1. The van der Waals surface area contributed by atoms with E-state index in [4.69, 9.17) is 4.74 Å². The van der Waals surface area contributed by atoms with Crippen molar-refractivity contribution in [3.63, 3.8) is 0 Å². The third-order valence-electron chi connectivity index (χ3n) is 5.59. The average molecular weight is 509 g/mol. The van der Waals surface area contributed by atoms with E-state index in [9.17, 15) is 18.4 Å². The number of carbonyl (C=O) groups is 1.